The van der Waals surface area contributed by atoms with Crippen molar-refractivity contribution in [1.29, 1.82) is 0 Å². The first-order valence-electron chi connectivity index (χ1n) is 5.72. The summed E-state index contributed by atoms with van der Waals surface area (Å²) in [6.07, 6.45) is 4.16. The summed E-state index contributed by atoms with van der Waals surface area (Å²) in [5.41, 5.74) is 9.04. The lowest BCUT2D eigenvalue weighted by atomic mass is 9.65. The van der Waals surface area contributed by atoms with Crippen molar-refractivity contribution in [2.24, 2.45) is 11.1 Å². The first-order valence-corrected chi connectivity index (χ1v) is 5.72. The van der Waals surface area contributed by atoms with Crippen LogP contribution in [0.2, 0.25) is 0 Å². The van der Waals surface area contributed by atoms with E-state index in [1.807, 2.05) is 12.3 Å². The molecule has 2 unspecified atom stereocenters. The van der Waals surface area contributed by atoms with Crippen molar-refractivity contribution in [2.45, 2.75) is 45.6 Å². The molecular formula is C13H20N2. The maximum Gasteiger partial charge on any atom is 0.0439 e. The van der Waals surface area contributed by atoms with E-state index in [-0.39, 0.29) is 6.04 Å². The monoisotopic (exact) mass is 204 g/mol. The van der Waals surface area contributed by atoms with Gasteiger partial charge in [0.15, 0.2) is 0 Å². The highest BCUT2D eigenvalue weighted by Crippen LogP contribution is 2.45. The number of pyridine rings is 1. The molecule has 1 aliphatic rings. The highest BCUT2D eigenvalue weighted by atomic mass is 14.7. The summed E-state index contributed by atoms with van der Waals surface area (Å²) in [6, 6.07) is 4.41. The second-order valence-electron chi connectivity index (χ2n) is 5.36. The molecule has 15 heavy (non-hydrogen) atoms. The van der Waals surface area contributed by atoms with E-state index in [0.29, 0.717) is 11.3 Å². The van der Waals surface area contributed by atoms with Crippen molar-refractivity contribution < 1.29 is 0 Å². The van der Waals surface area contributed by atoms with Crippen LogP contribution in [-0.4, -0.2) is 11.0 Å². The van der Waals surface area contributed by atoms with Crippen molar-refractivity contribution in [2.75, 3.05) is 0 Å². The Hall–Kier alpha value is -0.890. The van der Waals surface area contributed by atoms with Crippen LogP contribution in [0.15, 0.2) is 18.3 Å². The molecule has 0 bridgehead atoms. The fourth-order valence-electron chi connectivity index (χ4n) is 2.95. The van der Waals surface area contributed by atoms with Gasteiger partial charge in [-0.2, -0.15) is 0 Å². The number of nitrogens with zero attached hydrogens (tertiary/aromatic N) is 1. The third-order valence-electron chi connectivity index (χ3n) is 3.63. The molecule has 2 nitrogen and oxygen atoms in total. The zero-order chi connectivity index (χ0) is 11.1. The van der Waals surface area contributed by atoms with Gasteiger partial charge in [-0.3, -0.25) is 4.98 Å². The van der Waals surface area contributed by atoms with Gasteiger partial charge in [-0.1, -0.05) is 19.9 Å². The van der Waals surface area contributed by atoms with Crippen molar-refractivity contribution in [3.8, 4) is 0 Å². The minimum Gasteiger partial charge on any atom is -0.327 e. The molecule has 1 aromatic heterocycles. The first-order chi connectivity index (χ1) is 7.02. The standard InChI is InChI=1S/C13H20N2/c1-9(14)12-10-5-4-8-15-11(10)6-7-13(12,2)3/h4-5,8-9,12H,6-7,14H2,1-3H3. The van der Waals surface area contributed by atoms with Gasteiger partial charge in [0.2, 0.25) is 0 Å². The molecule has 0 fully saturated rings. The predicted molar refractivity (Wildman–Crippen MR) is 62.7 cm³/mol. The molecule has 1 aromatic rings. The van der Waals surface area contributed by atoms with Crippen LogP contribution in [0.1, 0.15) is 44.4 Å². The van der Waals surface area contributed by atoms with E-state index in [1.54, 1.807) is 0 Å². The highest BCUT2D eigenvalue weighted by molar-refractivity contribution is 5.30. The molecule has 0 saturated heterocycles. The molecule has 0 aliphatic heterocycles. The molecule has 2 N–H and O–H groups in total. The SMILES string of the molecule is CC(N)C1c2cccnc2CCC1(C)C. The summed E-state index contributed by atoms with van der Waals surface area (Å²) in [5, 5.41) is 0. The topological polar surface area (TPSA) is 38.9 Å². The van der Waals surface area contributed by atoms with Crippen LogP contribution < -0.4 is 5.73 Å². The summed E-state index contributed by atoms with van der Waals surface area (Å²) < 4.78 is 0. The Balaban J connectivity index is 2.48. The molecule has 82 valence electrons. The van der Waals surface area contributed by atoms with Crippen molar-refractivity contribution in [1.82, 2.24) is 4.98 Å². The maximum absolute atomic E-state index is 6.13. The second-order valence-corrected chi connectivity index (χ2v) is 5.36. The number of nitrogens with two attached hydrogens (primary N) is 1. The number of fused-ring (bicyclic) bond motifs is 1. The van der Waals surface area contributed by atoms with Crippen LogP contribution in [-0.2, 0) is 6.42 Å². The maximum atomic E-state index is 6.13. The Labute approximate surface area is 91.9 Å². The fourth-order valence-corrected chi connectivity index (χ4v) is 2.95. The van der Waals surface area contributed by atoms with Gasteiger partial charge in [-0.15, -0.1) is 0 Å². The lowest BCUT2D eigenvalue weighted by Crippen LogP contribution is -2.39. The van der Waals surface area contributed by atoms with E-state index >= 15 is 0 Å². The number of rotatable bonds is 1. The average Bonchev–Trinajstić information content (AvgIpc) is 2.15. The Kier molecular flexibility index (Phi) is 2.55. The Bertz CT molecular complexity index is 355. The van der Waals surface area contributed by atoms with Gasteiger partial charge in [-0.05, 0) is 36.8 Å². The smallest absolute Gasteiger partial charge is 0.0439 e. The van der Waals surface area contributed by atoms with Gasteiger partial charge in [-0.25, -0.2) is 0 Å². The van der Waals surface area contributed by atoms with Crippen molar-refractivity contribution >= 4 is 0 Å². The quantitative estimate of drug-likeness (QED) is 0.763. The van der Waals surface area contributed by atoms with E-state index in [9.17, 15) is 0 Å². The molecular weight excluding hydrogens is 184 g/mol. The predicted octanol–water partition coefficient (Wildman–Crippen LogP) is 2.48. The lowest BCUT2D eigenvalue weighted by Gasteiger charge is -2.41. The van der Waals surface area contributed by atoms with Crippen LogP contribution in [0.3, 0.4) is 0 Å². The van der Waals surface area contributed by atoms with Gasteiger partial charge in [0.25, 0.3) is 0 Å². The Morgan fingerprint density at radius 3 is 2.93 bits per heavy atom. The highest BCUT2D eigenvalue weighted by Gasteiger charge is 2.38. The van der Waals surface area contributed by atoms with Gasteiger partial charge in [0, 0.05) is 23.9 Å². The third-order valence-corrected chi connectivity index (χ3v) is 3.63. The minimum absolute atomic E-state index is 0.197. The van der Waals surface area contributed by atoms with Gasteiger partial charge >= 0.3 is 0 Å². The fraction of sp³-hybridized carbons (Fsp3) is 0.615. The van der Waals surface area contributed by atoms with Crippen LogP contribution in [0.4, 0.5) is 0 Å². The zero-order valence-corrected chi connectivity index (χ0v) is 9.83. The second kappa shape index (κ2) is 3.60. The molecule has 1 heterocycles. The summed E-state index contributed by atoms with van der Waals surface area (Å²) in [6.45, 7) is 6.74. The van der Waals surface area contributed by atoms with Crippen LogP contribution in [0.5, 0.6) is 0 Å². The third kappa shape index (κ3) is 1.78. The van der Waals surface area contributed by atoms with E-state index in [4.69, 9.17) is 5.73 Å². The molecule has 0 aromatic carbocycles. The van der Waals surface area contributed by atoms with Gasteiger partial charge in [0.1, 0.15) is 0 Å². The summed E-state index contributed by atoms with van der Waals surface area (Å²) >= 11 is 0. The lowest BCUT2D eigenvalue weighted by molar-refractivity contribution is 0.219. The van der Waals surface area contributed by atoms with Crippen molar-refractivity contribution in [3.63, 3.8) is 0 Å². The first kappa shape index (κ1) is 10.6. The van der Waals surface area contributed by atoms with E-state index < -0.39 is 0 Å². The summed E-state index contributed by atoms with van der Waals surface area (Å²) in [4.78, 5) is 4.46. The van der Waals surface area contributed by atoms with E-state index in [1.165, 1.54) is 17.7 Å². The van der Waals surface area contributed by atoms with Crippen LogP contribution in [0.25, 0.3) is 0 Å². The molecule has 1 aliphatic carbocycles. The Morgan fingerprint density at radius 1 is 1.53 bits per heavy atom. The molecule has 2 heteroatoms. The average molecular weight is 204 g/mol. The largest absolute Gasteiger partial charge is 0.327 e. The number of hydrogen-bond acceptors (Lipinski definition) is 2. The molecule has 2 rings (SSSR count). The summed E-state index contributed by atoms with van der Waals surface area (Å²) in [5.74, 6) is 0.440. The van der Waals surface area contributed by atoms with Crippen LogP contribution >= 0.6 is 0 Å². The Morgan fingerprint density at radius 2 is 2.27 bits per heavy atom. The molecule has 0 spiro atoms. The van der Waals surface area contributed by atoms with Crippen LogP contribution in [0, 0.1) is 5.41 Å². The van der Waals surface area contributed by atoms with E-state index in [2.05, 4.69) is 31.8 Å². The van der Waals surface area contributed by atoms with E-state index in [0.717, 1.165) is 6.42 Å². The minimum atomic E-state index is 0.197. The van der Waals surface area contributed by atoms with Crippen molar-refractivity contribution in [3.05, 3.63) is 29.6 Å². The number of aryl methyl sites for hydroxylation is 1. The van der Waals surface area contributed by atoms with Gasteiger partial charge in [0.05, 0.1) is 0 Å². The van der Waals surface area contributed by atoms with Gasteiger partial charge < -0.3 is 5.73 Å². The number of hydrogen-bond donors (Lipinski definition) is 1. The normalized spacial score (nSPS) is 25.7. The molecule has 0 amide bonds. The molecule has 2 atom stereocenters. The zero-order valence-electron chi connectivity index (χ0n) is 9.83. The molecule has 0 saturated carbocycles. The molecule has 0 radical (unpaired) electrons. The summed E-state index contributed by atoms with van der Waals surface area (Å²) in [7, 11) is 0. The number of aromatic nitrogens is 1.